The number of aryl methyl sites for hydroxylation is 1. The molecule has 2 atom stereocenters. The van der Waals surface area contributed by atoms with Gasteiger partial charge in [-0.15, -0.1) is 0 Å². The second-order valence-corrected chi connectivity index (χ2v) is 6.87. The molecule has 5 heterocycles. The number of anilines is 2. The van der Waals surface area contributed by atoms with Crippen LogP contribution in [0.4, 0.5) is 16.0 Å². The normalized spacial score (nSPS) is 22.7. The lowest BCUT2D eigenvalue weighted by atomic mass is 9.87. The van der Waals surface area contributed by atoms with Gasteiger partial charge in [-0.05, 0) is 25.3 Å². The molecule has 126 valence electrons. The van der Waals surface area contributed by atoms with Crippen molar-refractivity contribution in [3.63, 3.8) is 0 Å². The first kappa shape index (κ1) is 15.2. The second-order valence-electron chi connectivity index (χ2n) is 6.87. The van der Waals surface area contributed by atoms with E-state index in [2.05, 4.69) is 29.7 Å². The molecule has 3 fully saturated rings. The fraction of sp³-hybridized carbons (Fsp3) is 0.529. The van der Waals surface area contributed by atoms with Crippen LogP contribution in [0.1, 0.15) is 37.7 Å². The van der Waals surface area contributed by atoms with Crippen LogP contribution < -0.4 is 9.80 Å². The molecule has 3 saturated heterocycles. The average molecular weight is 328 g/mol. The molecule has 2 aromatic heterocycles. The summed E-state index contributed by atoms with van der Waals surface area (Å²) in [4.78, 5) is 21.4. The molecule has 0 spiro atoms. The first-order chi connectivity index (χ1) is 11.5. The number of nitrogens with zero attached hydrogens (tertiary/aromatic N) is 6. The minimum atomic E-state index is -0.270. The van der Waals surface area contributed by atoms with Crippen LogP contribution in [-0.2, 0) is 0 Å². The standard InChI is InChI=1S/C17H21FN6/c1-10(2)16-15(18)17(21-9-20-16)24-12-6-13(24)8-23(7-12)14-4-5-19-11(3)22-14/h4-5,9-10,12-13H,6-8H2,1-3H3. The molecular formula is C17H21FN6. The van der Waals surface area contributed by atoms with E-state index >= 15 is 0 Å². The van der Waals surface area contributed by atoms with Crippen molar-refractivity contribution in [3.8, 4) is 0 Å². The molecule has 0 radical (unpaired) electrons. The Balaban J connectivity index is 1.57. The molecule has 6 nitrogen and oxygen atoms in total. The third-order valence-electron chi connectivity index (χ3n) is 4.87. The van der Waals surface area contributed by atoms with Gasteiger partial charge in [-0.25, -0.2) is 24.3 Å². The van der Waals surface area contributed by atoms with Crippen LogP contribution in [0, 0.1) is 12.7 Å². The summed E-state index contributed by atoms with van der Waals surface area (Å²) in [6, 6.07) is 2.47. The number of fused-ring (bicyclic) bond motifs is 2. The molecule has 2 aromatic rings. The van der Waals surface area contributed by atoms with Crippen molar-refractivity contribution < 1.29 is 4.39 Å². The quantitative estimate of drug-likeness (QED) is 0.862. The maximum Gasteiger partial charge on any atom is 0.187 e. The highest BCUT2D eigenvalue weighted by molar-refractivity contribution is 5.53. The Kier molecular flexibility index (Phi) is 3.58. The molecule has 24 heavy (non-hydrogen) atoms. The Labute approximate surface area is 140 Å². The predicted octanol–water partition coefficient (Wildman–Crippen LogP) is 2.31. The first-order valence-electron chi connectivity index (χ1n) is 8.38. The number of piperazine rings is 1. The van der Waals surface area contributed by atoms with E-state index in [1.165, 1.54) is 6.33 Å². The van der Waals surface area contributed by atoms with E-state index in [0.29, 0.717) is 11.5 Å². The summed E-state index contributed by atoms with van der Waals surface area (Å²) in [6.07, 6.45) is 4.34. The van der Waals surface area contributed by atoms with Crippen molar-refractivity contribution in [2.24, 2.45) is 0 Å². The predicted molar refractivity (Wildman–Crippen MR) is 89.7 cm³/mol. The van der Waals surface area contributed by atoms with Gasteiger partial charge in [-0.1, -0.05) is 13.8 Å². The summed E-state index contributed by atoms with van der Waals surface area (Å²) < 4.78 is 14.8. The van der Waals surface area contributed by atoms with Crippen molar-refractivity contribution in [2.75, 3.05) is 22.9 Å². The van der Waals surface area contributed by atoms with Crippen LogP contribution in [0.25, 0.3) is 0 Å². The lowest BCUT2D eigenvalue weighted by Crippen LogP contribution is -2.69. The Hall–Kier alpha value is -2.31. The molecule has 0 amide bonds. The van der Waals surface area contributed by atoms with E-state index < -0.39 is 0 Å². The average Bonchev–Trinajstić information content (AvgIpc) is 2.56. The molecule has 5 rings (SSSR count). The maximum absolute atomic E-state index is 14.8. The van der Waals surface area contributed by atoms with Crippen molar-refractivity contribution in [3.05, 3.63) is 35.9 Å². The Bertz CT molecular complexity index is 752. The number of hydrogen-bond acceptors (Lipinski definition) is 6. The number of rotatable bonds is 3. The summed E-state index contributed by atoms with van der Waals surface area (Å²) in [5, 5.41) is 0. The third kappa shape index (κ3) is 2.39. The second kappa shape index (κ2) is 5.65. The van der Waals surface area contributed by atoms with Crippen LogP contribution >= 0.6 is 0 Å². The maximum atomic E-state index is 14.8. The molecule has 3 aliphatic heterocycles. The third-order valence-corrected chi connectivity index (χ3v) is 4.87. The Morgan fingerprint density at radius 2 is 1.92 bits per heavy atom. The van der Waals surface area contributed by atoms with E-state index in [0.717, 1.165) is 31.2 Å². The van der Waals surface area contributed by atoms with Gasteiger partial charge in [-0.2, -0.15) is 0 Å². The van der Waals surface area contributed by atoms with Crippen molar-refractivity contribution in [1.29, 1.82) is 0 Å². The molecule has 0 N–H and O–H groups in total. The molecule has 3 aliphatic rings. The lowest BCUT2D eigenvalue weighted by molar-refractivity contribution is 0.283. The van der Waals surface area contributed by atoms with Gasteiger partial charge in [0.1, 0.15) is 18.0 Å². The van der Waals surface area contributed by atoms with Gasteiger partial charge in [0.25, 0.3) is 0 Å². The topological polar surface area (TPSA) is 58.0 Å². The van der Waals surface area contributed by atoms with E-state index in [4.69, 9.17) is 0 Å². The van der Waals surface area contributed by atoms with Gasteiger partial charge >= 0.3 is 0 Å². The number of hydrogen-bond donors (Lipinski definition) is 0. The van der Waals surface area contributed by atoms with Crippen LogP contribution in [0.5, 0.6) is 0 Å². The molecule has 2 unspecified atom stereocenters. The van der Waals surface area contributed by atoms with E-state index in [9.17, 15) is 4.39 Å². The van der Waals surface area contributed by atoms with Crippen LogP contribution in [0.2, 0.25) is 0 Å². The van der Waals surface area contributed by atoms with Gasteiger partial charge in [0.05, 0.1) is 17.8 Å². The zero-order valence-electron chi connectivity index (χ0n) is 14.1. The fourth-order valence-electron chi connectivity index (χ4n) is 3.72. The summed E-state index contributed by atoms with van der Waals surface area (Å²) in [6.45, 7) is 7.45. The molecule has 0 saturated carbocycles. The van der Waals surface area contributed by atoms with E-state index in [1.807, 2.05) is 26.8 Å². The number of aromatic nitrogens is 4. The van der Waals surface area contributed by atoms with Gasteiger partial charge in [0.15, 0.2) is 11.6 Å². The summed E-state index contributed by atoms with van der Waals surface area (Å²) in [7, 11) is 0. The number of piperidine rings is 1. The highest BCUT2D eigenvalue weighted by Gasteiger charge is 2.47. The summed E-state index contributed by atoms with van der Waals surface area (Å²) >= 11 is 0. The van der Waals surface area contributed by atoms with Crippen molar-refractivity contribution >= 4 is 11.6 Å². The summed E-state index contributed by atoms with van der Waals surface area (Å²) in [5.74, 6) is 1.95. The van der Waals surface area contributed by atoms with Crippen LogP contribution in [0.3, 0.4) is 0 Å². The first-order valence-corrected chi connectivity index (χ1v) is 8.38. The van der Waals surface area contributed by atoms with Crippen LogP contribution in [0.15, 0.2) is 18.6 Å². The number of halogens is 1. The highest BCUT2D eigenvalue weighted by atomic mass is 19.1. The van der Waals surface area contributed by atoms with Crippen LogP contribution in [-0.4, -0.2) is 45.1 Å². The summed E-state index contributed by atoms with van der Waals surface area (Å²) in [5.41, 5.74) is 0.494. The molecule has 0 aromatic carbocycles. The van der Waals surface area contributed by atoms with Gasteiger partial charge in [0, 0.05) is 19.3 Å². The minimum Gasteiger partial charge on any atom is -0.352 e. The molecule has 7 heteroatoms. The molecular weight excluding hydrogens is 307 g/mol. The zero-order valence-corrected chi connectivity index (χ0v) is 14.1. The smallest absolute Gasteiger partial charge is 0.187 e. The molecule has 0 aliphatic carbocycles. The largest absolute Gasteiger partial charge is 0.352 e. The van der Waals surface area contributed by atoms with E-state index in [1.54, 1.807) is 6.20 Å². The highest BCUT2D eigenvalue weighted by Crippen LogP contribution is 2.39. The van der Waals surface area contributed by atoms with Gasteiger partial charge in [-0.3, -0.25) is 0 Å². The molecule has 2 bridgehead atoms. The lowest BCUT2D eigenvalue weighted by Gasteiger charge is -2.57. The Morgan fingerprint density at radius 1 is 1.17 bits per heavy atom. The zero-order chi connectivity index (χ0) is 16.8. The van der Waals surface area contributed by atoms with Gasteiger partial charge < -0.3 is 9.80 Å². The fourth-order valence-corrected chi connectivity index (χ4v) is 3.72. The Morgan fingerprint density at radius 3 is 2.58 bits per heavy atom. The van der Waals surface area contributed by atoms with Crippen molar-refractivity contribution in [2.45, 2.75) is 45.2 Å². The van der Waals surface area contributed by atoms with Gasteiger partial charge in [0.2, 0.25) is 0 Å². The minimum absolute atomic E-state index is 0.0494. The SMILES string of the molecule is Cc1nccc(N2CC3CC(C2)N3c2ncnc(C(C)C)c2F)n1. The van der Waals surface area contributed by atoms with Crippen molar-refractivity contribution in [1.82, 2.24) is 19.9 Å². The monoisotopic (exact) mass is 328 g/mol. The van der Waals surface area contributed by atoms with E-state index in [-0.39, 0.29) is 23.8 Å².